The summed E-state index contributed by atoms with van der Waals surface area (Å²) in [6.07, 6.45) is 0.761. The monoisotopic (exact) mass is 412 g/mol. The molecule has 6 nitrogen and oxygen atoms in total. The van der Waals surface area contributed by atoms with Gasteiger partial charge in [-0.25, -0.2) is 9.50 Å². The number of carbonyl (C=O) groups is 1. The maximum absolute atomic E-state index is 13.6. The molecule has 0 bridgehead atoms. The van der Waals surface area contributed by atoms with Gasteiger partial charge in [-0.1, -0.05) is 6.07 Å². The number of fused-ring (bicyclic) bond motifs is 2. The number of amides is 1. The summed E-state index contributed by atoms with van der Waals surface area (Å²) in [5.41, 5.74) is 1.67. The first-order valence-electron chi connectivity index (χ1n) is 9.33. The second-order valence-corrected chi connectivity index (χ2v) is 7.09. The Kier molecular flexibility index (Phi) is 4.12. The van der Waals surface area contributed by atoms with Crippen molar-refractivity contribution in [1.29, 1.82) is 0 Å². The minimum absolute atomic E-state index is 0.0353. The Morgan fingerprint density at radius 1 is 1.13 bits per heavy atom. The molecule has 1 aliphatic rings. The average molecular weight is 412 g/mol. The summed E-state index contributed by atoms with van der Waals surface area (Å²) in [5, 5.41) is 6.51. The molecule has 3 heterocycles. The molecular formula is C21H15F3N4O2. The maximum Gasteiger partial charge on any atom is 0.433 e. The van der Waals surface area contributed by atoms with E-state index >= 15 is 0 Å². The van der Waals surface area contributed by atoms with Crippen molar-refractivity contribution in [2.24, 2.45) is 0 Å². The van der Waals surface area contributed by atoms with E-state index in [4.69, 9.17) is 4.42 Å². The number of nitrogens with zero attached hydrogens (tertiary/aromatic N) is 3. The van der Waals surface area contributed by atoms with Gasteiger partial charge in [0.05, 0.1) is 12.5 Å². The van der Waals surface area contributed by atoms with Crippen molar-refractivity contribution in [3.63, 3.8) is 0 Å². The Morgan fingerprint density at radius 2 is 1.97 bits per heavy atom. The Bertz CT molecular complexity index is 1260. The van der Waals surface area contributed by atoms with Crippen LogP contribution in [-0.4, -0.2) is 20.5 Å². The number of carbonyl (C=O) groups excluding carboxylic acids is 1. The van der Waals surface area contributed by atoms with E-state index in [1.54, 1.807) is 12.1 Å². The summed E-state index contributed by atoms with van der Waals surface area (Å²) < 4.78 is 46.6. The van der Waals surface area contributed by atoms with Crippen molar-refractivity contribution in [3.05, 3.63) is 71.2 Å². The van der Waals surface area contributed by atoms with Crippen molar-refractivity contribution in [3.8, 4) is 11.5 Å². The number of anilines is 1. The highest BCUT2D eigenvalue weighted by molar-refractivity contribution is 6.08. The molecule has 1 aliphatic carbocycles. The molecular weight excluding hydrogens is 397 g/mol. The van der Waals surface area contributed by atoms with Gasteiger partial charge in [0.2, 0.25) is 0 Å². The standard InChI is InChI=1S/C21H15F3N4O2/c22-21(23,24)18-10-16(17-5-2-8-30-17)27-19-15(11-25-28(18)19)20(29)26-14-7-6-12-3-1-4-13(12)9-14/h2,5-11H,1,3-4H2,(H,26,29). The first-order valence-corrected chi connectivity index (χ1v) is 9.33. The molecule has 5 rings (SSSR count). The summed E-state index contributed by atoms with van der Waals surface area (Å²) in [4.78, 5) is 17.1. The number of nitrogens with one attached hydrogen (secondary N) is 1. The molecule has 0 saturated heterocycles. The Balaban J connectivity index is 1.57. The van der Waals surface area contributed by atoms with Gasteiger partial charge < -0.3 is 9.73 Å². The molecule has 0 atom stereocenters. The fraction of sp³-hybridized carbons (Fsp3) is 0.190. The van der Waals surface area contributed by atoms with Gasteiger partial charge in [-0.05, 0) is 60.7 Å². The van der Waals surface area contributed by atoms with Gasteiger partial charge in [0.25, 0.3) is 5.91 Å². The normalized spacial score (nSPS) is 13.6. The van der Waals surface area contributed by atoms with Crippen molar-refractivity contribution >= 4 is 17.2 Å². The SMILES string of the molecule is O=C(Nc1ccc2c(c1)CCC2)c1cnn2c(C(F)(F)F)cc(-c3ccco3)nc12. The van der Waals surface area contributed by atoms with Crippen LogP contribution in [0.2, 0.25) is 0 Å². The highest BCUT2D eigenvalue weighted by atomic mass is 19.4. The van der Waals surface area contributed by atoms with Gasteiger partial charge in [-0.2, -0.15) is 18.3 Å². The van der Waals surface area contributed by atoms with E-state index in [2.05, 4.69) is 15.4 Å². The Morgan fingerprint density at radius 3 is 2.73 bits per heavy atom. The van der Waals surface area contributed by atoms with Crippen LogP contribution in [-0.2, 0) is 19.0 Å². The third kappa shape index (κ3) is 3.12. The Hall–Kier alpha value is -3.62. The summed E-state index contributed by atoms with van der Waals surface area (Å²) in [6, 6.07) is 9.54. The lowest BCUT2D eigenvalue weighted by Crippen LogP contribution is -2.15. The molecule has 0 unspecified atom stereocenters. The number of hydrogen-bond acceptors (Lipinski definition) is 4. The predicted octanol–water partition coefficient (Wildman–Crippen LogP) is 4.75. The molecule has 0 saturated carbocycles. The molecule has 0 radical (unpaired) electrons. The van der Waals surface area contributed by atoms with Crippen molar-refractivity contribution in [1.82, 2.24) is 14.6 Å². The summed E-state index contributed by atoms with van der Waals surface area (Å²) >= 11 is 0. The molecule has 1 amide bonds. The van der Waals surface area contributed by atoms with Crippen LogP contribution in [0.3, 0.4) is 0 Å². The van der Waals surface area contributed by atoms with Crippen LogP contribution < -0.4 is 5.32 Å². The molecule has 4 aromatic rings. The fourth-order valence-corrected chi connectivity index (χ4v) is 3.72. The van der Waals surface area contributed by atoms with E-state index in [9.17, 15) is 18.0 Å². The minimum Gasteiger partial charge on any atom is -0.463 e. The van der Waals surface area contributed by atoms with Gasteiger partial charge >= 0.3 is 6.18 Å². The molecule has 9 heteroatoms. The molecule has 0 aliphatic heterocycles. The zero-order valence-electron chi connectivity index (χ0n) is 15.5. The lowest BCUT2D eigenvalue weighted by molar-refractivity contribution is -0.142. The fourth-order valence-electron chi connectivity index (χ4n) is 3.72. The van der Waals surface area contributed by atoms with E-state index in [0.717, 1.165) is 31.5 Å². The van der Waals surface area contributed by atoms with Gasteiger partial charge in [0.15, 0.2) is 17.1 Å². The van der Waals surface area contributed by atoms with Crippen LogP contribution in [0.25, 0.3) is 17.1 Å². The number of alkyl halides is 3. The summed E-state index contributed by atoms with van der Waals surface area (Å²) in [7, 11) is 0. The van der Waals surface area contributed by atoms with Crippen LogP contribution in [0, 0.1) is 0 Å². The highest BCUT2D eigenvalue weighted by Gasteiger charge is 2.36. The van der Waals surface area contributed by atoms with Crippen molar-refractivity contribution in [2.45, 2.75) is 25.4 Å². The number of furan rings is 1. The molecule has 30 heavy (non-hydrogen) atoms. The maximum atomic E-state index is 13.6. The number of rotatable bonds is 3. The van der Waals surface area contributed by atoms with E-state index in [0.29, 0.717) is 10.2 Å². The second-order valence-electron chi connectivity index (χ2n) is 7.09. The molecule has 152 valence electrons. The van der Waals surface area contributed by atoms with Gasteiger partial charge in [0, 0.05) is 5.69 Å². The summed E-state index contributed by atoms with van der Waals surface area (Å²) in [6.45, 7) is 0. The lowest BCUT2D eigenvalue weighted by Gasteiger charge is -2.11. The average Bonchev–Trinajstić information content (AvgIpc) is 3.45. The van der Waals surface area contributed by atoms with Crippen LogP contribution in [0.15, 0.2) is 53.3 Å². The molecule has 3 aromatic heterocycles. The third-order valence-corrected chi connectivity index (χ3v) is 5.14. The lowest BCUT2D eigenvalue weighted by atomic mass is 10.1. The highest BCUT2D eigenvalue weighted by Crippen LogP contribution is 2.33. The first kappa shape index (κ1) is 18.4. The second kappa shape index (κ2) is 6.72. The van der Waals surface area contributed by atoms with Crippen LogP contribution in [0.5, 0.6) is 0 Å². The third-order valence-electron chi connectivity index (χ3n) is 5.14. The number of benzene rings is 1. The Labute approximate surface area is 168 Å². The molecule has 0 fully saturated rings. The zero-order valence-corrected chi connectivity index (χ0v) is 15.5. The largest absolute Gasteiger partial charge is 0.463 e. The predicted molar refractivity (Wildman–Crippen MR) is 102 cm³/mol. The number of aromatic nitrogens is 3. The van der Waals surface area contributed by atoms with E-state index in [1.807, 2.05) is 12.1 Å². The van der Waals surface area contributed by atoms with Crippen molar-refractivity contribution in [2.75, 3.05) is 5.32 Å². The summed E-state index contributed by atoms with van der Waals surface area (Å²) in [5.74, 6) is -0.422. The number of halogens is 3. The quantitative estimate of drug-likeness (QED) is 0.527. The minimum atomic E-state index is -4.69. The van der Waals surface area contributed by atoms with E-state index < -0.39 is 17.8 Å². The topological polar surface area (TPSA) is 72.4 Å². The van der Waals surface area contributed by atoms with Crippen LogP contribution in [0.4, 0.5) is 18.9 Å². The van der Waals surface area contributed by atoms with Gasteiger partial charge in [-0.3, -0.25) is 4.79 Å². The zero-order chi connectivity index (χ0) is 20.9. The molecule has 1 N–H and O–H groups in total. The van der Waals surface area contributed by atoms with E-state index in [-0.39, 0.29) is 22.7 Å². The van der Waals surface area contributed by atoms with Crippen LogP contribution in [0.1, 0.15) is 33.6 Å². The smallest absolute Gasteiger partial charge is 0.433 e. The molecule has 0 spiro atoms. The number of aryl methyl sites for hydroxylation is 2. The van der Waals surface area contributed by atoms with Crippen molar-refractivity contribution < 1.29 is 22.4 Å². The van der Waals surface area contributed by atoms with Gasteiger partial charge in [-0.15, -0.1) is 0 Å². The number of hydrogen-bond donors (Lipinski definition) is 1. The first-order chi connectivity index (χ1) is 14.4. The van der Waals surface area contributed by atoms with Gasteiger partial charge in [0.1, 0.15) is 11.3 Å². The van der Waals surface area contributed by atoms with E-state index in [1.165, 1.54) is 23.5 Å². The van der Waals surface area contributed by atoms with Crippen LogP contribution >= 0.6 is 0 Å². The molecule has 1 aromatic carbocycles.